The molecule has 2 fully saturated rings. The minimum atomic E-state index is 0.291. The van der Waals surface area contributed by atoms with Crippen molar-refractivity contribution in [1.29, 1.82) is 0 Å². The molecule has 124 valence electrons. The van der Waals surface area contributed by atoms with Crippen LogP contribution in [0.2, 0.25) is 0 Å². The molecule has 2 unspecified atom stereocenters. The van der Waals surface area contributed by atoms with Gasteiger partial charge in [-0.3, -0.25) is 4.90 Å². The molecule has 1 heterocycles. The highest BCUT2D eigenvalue weighted by molar-refractivity contribution is 4.97. The van der Waals surface area contributed by atoms with Crippen molar-refractivity contribution in [3.8, 4) is 0 Å². The van der Waals surface area contributed by atoms with Crippen LogP contribution in [-0.4, -0.2) is 73.4 Å². The summed E-state index contributed by atoms with van der Waals surface area (Å²) in [5.41, 5.74) is 0.440. The molecule has 0 aromatic heterocycles. The van der Waals surface area contributed by atoms with Crippen LogP contribution in [0.5, 0.6) is 0 Å². The zero-order valence-corrected chi connectivity index (χ0v) is 14.3. The molecule has 2 rings (SSSR count). The van der Waals surface area contributed by atoms with Gasteiger partial charge in [-0.2, -0.15) is 0 Å². The van der Waals surface area contributed by atoms with Crippen LogP contribution < -0.4 is 5.32 Å². The molecule has 0 spiro atoms. The molecule has 0 radical (unpaired) electrons. The van der Waals surface area contributed by atoms with Crippen LogP contribution in [0.1, 0.15) is 40.0 Å². The van der Waals surface area contributed by atoms with E-state index in [4.69, 9.17) is 5.11 Å². The maximum absolute atomic E-state index is 9.09. The highest BCUT2D eigenvalue weighted by Gasteiger charge is 2.41. The van der Waals surface area contributed by atoms with E-state index in [1.54, 1.807) is 0 Å². The van der Waals surface area contributed by atoms with Crippen LogP contribution in [0.4, 0.5) is 0 Å². The summed E-state index contributed by atoms with van der Waals surface area (Å²) in [5, 5.41) is 12.8. The predicted molar refractivity (Wildman–Crippen MR) is 88.6 cm³/mol. The van der Waals surface area contributed by atoms with Crippen molar-refractivity contribution in [2.75, 3.05) is 52.4 Å². The number of aliphatic hydroxyl groups is 1. The number of hydrogen-bond acceptors (Lipinski definition) is 4. The minimum Gasteiger partial charge on any atom is -0.395 e. The first-order chi connectivity index (χ1) is 10.1. The molecule has 0 aromatic rings. The summed E-state index contributed by atoms with van der Waals surface area (Å²) in [5.74, 6) is 0.796. The molecule has 21 heavy (non-hydrogen) atoms. The van der Waals surface area contributed by atoms with E-state index in [2.05, 4.69) is 35.9 Å². The van der Waals surface area contributed by atoms with E-state index in [-0.39, 0.29) is 0 Å². The van der Waals surface area contributed by atoms with Gasteiger partial charge >= 0.3 is 0 Å². The first-order valence-electron chi connectivity index (χ1n) is 8.85. The van der Waals surface area contributed by atoms with E-state index in [9.17, 15) is 0 Å². The van der Waals surface area contributed by atoms with E-state index in [1.165, 1.54) is 32.4 Å². The molecule has 4 heteroatoms. The van der Waals surface area contributed by atoms with Crippen molar-refractivity contribution in [2.45, 2.75) is 46.1 Å². The number of hydrogen-bond donors (Lipinski definition) is 2. The van der Waals surface area contributed by atoms with Gasteiger partial charge in [0.15, 0.2) is 0 Å². The van der Waals surface area contributed by atoms with Gasteiger partial charge in [0, 0.05) is 32.2 Å². The fourth-order valence-electron chi connectivity index (χ4n) is 4.28. The van der Waals surface area contributed by atoms with Crippen molar-refractivity contribution in [2.24, 2.45) is 11.3 Å². The summed E-state index contributed by atoms with van der Waals surface area (Å²) < 4.78 is 0. The Bertz CT molecular complexity index is 308. The smallest absolute Gasteiger partial charge is 0.0558 e. The van der Waals surface area contributed by atoms with Crippen molar-refractivity contribution in [3.63, 3.8) is 0 Å². The molecular formula is C17H35N3O. The molecule has 0 bridgehead atoms. The van der Waals surface area contributed by atoms with E-state index in [0.29, 0.717) is 18.1 Å². The lowest BCUT2D eigenvalue weighted by Gasteiger charge is -2.34. The lowest BCUT2D eigenvalue weighted by Crippen LogP contribution is -2.46. The minimum absolute atomic E-state index is 0.291. The van der Waals surface area contributed by atoms with Crippen molar-refractivity contribution >= 4 is 0 Å². The normalized spacial score (nSPS) is 31.4. The molecule has 1 aliphatic carbocycles. The Morgan fingerprint density at radius 3 is 2.57 bits per heavy atom. The summed E-state index contributed by atoms with van der Waals surface area (Å²) in [6.07, 6.45) is 3.95. The Hall–Kier alpha value is -0.160. The summed E-state index contributed by atoms with van der Waals surface area (Å²) in [6, 6.07) is 0.666. The van der Waals surface area contributed by atoms with Gasteiger partial charge in [-0.1, -0.05) is 20.8 Å². The van der Waals surface area contributed by atoms with Gasteiger partial charge in [-0.05, 0) is 50.2 Å². The second-order valence-electron chi connectivity index (χ2n) is 7.54. The van der Waals surface area contributed by atoms with E-state index >= 15 is 0 Å². The Labute approximate surface area is 130 Å². The van der Waals surface area contributed by atoms with Gasteiger partial charge in [0.2, 0.25) is 0 Å². The van der Waals surface area contributed by atoms with Crippen molar-refractivity contribution in [1.82, 2.24) is 15.1 Å². The SMILES string of the molecule is CCNC1C(CN2CCCN(CCO)CC2)CCC1(C)C. The summed E-state index contributed by atoms with van der Waals surface area (Å²) in [7, 11) is 0. The Balaban J connectivity index is 1.86. The van der Waals surface area contributed by atoms with Crippen molar-refractivity contribution < 1.29 is 5.11 Å². The number of aliphatic hydroxyl groups excluding tert-OH is 1. The fourth-order valence-corrected chi connectivity index (χ4v) is 4.28. The highest BCUT2D eigenvalue weighted by atomic mass is 16.3. The zero-order chi connectivity index (χ0) is 15.3. The van der Waals surface area contributed by atoms with Crippen LogP contribution in [0.25, 0.3) is 0 Å². The van der Waals surface area contributed by atoms with Gasteiger partial charge in [-0.15, -0.1) is 0 Å². The number of nitrogens with zero attached hydrogens (tertiary/aromatic N) is 2. The molecule has 2 aliphatic rings. The zero-order valence-electron chi connectivity index (χ0n) is 14.3. The van der Waals surface area contributed by atoms with Crippen LogP contribution in [0.3, 0.4) is 0 Å². The number of β-amino-alcohol motifs (C(OH)–C–C–N with tert-alkyl or cyclic N) is 1. The topological polar surface area (TPSA) is 38.7 Å². The highest BCUT2D eigenvalue weighted by Crippen LogP contribution is 2.41. The lowest BCUT2D eigenvalue weighted by atomic mass is 9.84. The Morgan fingerprint density at radius 1 is 1.14 bits per heavy atom. The van der Waals surface area contributed by atoms with Gasteiger partial charge in [-0.25, -0.2) is 0 Å². The van der Waals surface area contributed by atoms with Crippen LogP contribution in [0, 0.1) is 11.3 Å². The maximum Gasteiger partial charge on any atom is 0.0558 e. The quantitative estimate of drug-likeness (QED) is 0.777. The number of nitrogens with one attached hydrogen (secondary N) is 1. The first-order valence-corrected chi connectivity index (χ1v) is 8.85. The predicted octanol–water partition coefficient (Wildman–Crippen LogP) is 1.40. The molecule has 2 atom stereocenters. The lowest BCUT2D eigenvalue weighted by molar-refractivity contribution is 0.177. The van der Waals surface area contributed by atoms with Gasteiger partial charge in [0.25, 0.3) is 0 Å². The Kier molecular flexibility index (Phi) is 6.48. The molecular weight excluding hydrogens is 262 g/mol. The monoisotopic (exact) mass is 297 g/mol. The summed E-state index contributed by atoms with van der Waals surface area (Å²) >= 11 is 0. The fraction of sp³-hybridized carbons (Fsp3) is 1.00. The second kappa shape index (κ2) is 7.91. The standard InChI is InChI=1S/C17H35N3O/c1-4-18-16-15(6-7-17(16,2)3)14-20-9-5-8-19(10-11-20)12-13-21/h15-16,18,21H,4-14H2,1-3H3. The molecule has 2 N–H and O–H groups in total. The molecule has 0 amide bonds. The van der Waals surface area contributed by atoms with Crippen LogP contribution >= 0.6 is 0 Å². The summed E-state index contributed by atoms with van der Waals surface area (Å²) in [4.78, 5) is 5.06. The van der Waals surface area contributed by atoms with Crippen molar-refractivity contribution in [3.05, 3.63) is 0 Å². The third kappa shape index (κ3) is 4.65. The molecule has 4 nitrogen and oxygen atoms in total. The first kappa shape index (κ1) is 17.2. The van der Waals surface area contributed by atoms with E-state index in [0.717, 1.165) is 38.6 Å². The number of rotatable bonds is 6. The molecule has 1 saturated heterocycles. The average Bonchev–Trinajstić information content (AvgIpc) is 2.63. The van der Waals surface area contributed by atoms with E-state index in [1.807, 2.05) is 0 Å². The Morgan fingerprint density at radius 2 is 1.86 bits per heavy atom. The van der Waals surface area contributed by atoms with Gasteiger partial charge in [0.1, 0.15) is 0 Å². The van der Waals surface area contributed by atoms with Crippen LogP contribution in [0.15, 0.2) is 0 Å². The van der Waals surface area contributed by atoms with Crippen LogP contribution in [-0.2, 0) is 0 Å². The third-order valence-electron chi connectivity index (χ3n) is 5.49. The van der Waals surface area contributed by atoms with E-state index < -0.39 is 0 Å². The molecule has 1 aliphatic heterocycles. The average molecular weight is 297 g/mol. The molecule has 0 aromatic carbocycles. The second-order valence-corrected chi connectivity index (χ2v) is 7.54. The largest absolute Gasteiger partial charge is 0.395 e. The molecule has 1 saturated carbocycles. The summed E-state index contributed by atoms with van der Waals surface area (Å²) in [6.45, 7) is 15.2. The third-order valence-corrected chi connectivity index (χ3v) is 5.49. The van der Waals surface area contributed by atoms with Gasteiger partial charge < -0.3 is 15.3 Å². The maximum atomic E-state index is 9.09. The van der Waals surface area contributed by atoms with Gasteiger partial charge in [0.05, 0.1) is 6.61 Å².